The van der Waals surface area contributed by atoms with Crippen molar-refractivity contribution in [1.82, 2.24) is 0 Å². The Balaban J connectivity index is 1.38. The monoisotopic (exact) mass is 430 g/mol. The first-order chi connectivity index (χ1) is 14.6. The number of esters is 1. The molecule has 9 atom stereocenters. The first-order valence-corrected chi connectivity index (χ1v) is 13.4. The SMILES string of the molecule is CC(=O)O[C@H]1CC[C@]23C[C@]24CC[C@]2(C)[C@@H]([C@H](C)CCCO)CC[C@H]2[C@@H]4CC[C@H]3C1(C)C. The summed E-state index contributed by atoms with van der Waals surface area (Å²) in [6.45, 7) is 11.8. The Morgan fingerprint density at radius 2 is 1.74 bits per heavy atom. The maximum Gasteiger partial charge on any atom is 0.302 e. The number of aliphatic hydroxyl groups excluding tert-OH is 1. The predicted molar refractivity (Wildman–Crippen MR) is 123 cm³/mol. The van der Waals surface area contributed by atoms with Gasteiger partial charge >= 0.3 is 5.97 Å². The Morgan fingerprint density at radius 1 is 1.00 bits per heavy atom. The van der Waals surface area contributed by atoms with Crippen LogP contribution in [0.4, 0.5) is 0 Å². The van der Waals surface area contributed by atoms with Gasteiger partial charge in [0, 0.05) is 18.9 Å². The molecule has 0 unspecified atom stereocenters. The molecular weight excluding hydrogens is 384 g/mol. The third kappa shape index (κ3) is 2.90. The molecule has 31 heavy (non-hydrogen) atoms. The standard InChI is InChI=1S/C28H46O3/c1-18(7-6-16-29)20-8-9-21-22-10-11-23-25(3,4)24(31-19(2)30)12-13-28(23)17-27(22,28)15-14-26(20,21)5/h18,20-24,29H,6-17H2,1-5H3/t18-,20-,21+,22+,23+,24+,26-,27+,28-/m1/s1. The fourth-order valence-corrected chi connectivity index (χ4v) is 10.9. The van der Waals surface area contributed by atoms with E-state index in [4.69, 9.17) is 4.74 Å². The summed E-state index contributed by atoms with van der Waals surface area (Å²) in [5.41, 5.74) is 1.77. The number of rotatable bonds is 5. The van der Waals surface area contributed by atoms with Crippen LogP contribution in [0, 0.1) is 51.2 Å². The van der Waals surface area contributed by atoms with Crippen LogP contribution in [0.25, 0.3) is 0 Å². The smallest absolute Gasteiger partial charge is 0.302 e. The molecule has 0 saturated heterocycles. The number of hydrogen-bond donors (Lipinski definition) is 1. The van der Waals surface area contributed by atoms with E-state index in [1.807, 2.05) is 0 Å². The van der Waals surface area contributed by atoms with Gasteiger partial charge in [0.05, 0.1) is 0 Å². The van der Waals surface area contributed by atoms with Crippen LogP contribution < -0.4 is 0 Å². The molecule has 176 valence electrons. The van der Waals surface area contributed by atoms with Crippen LogP contribution in [0.3, 0.4) is 0 Å². The Morgan fingerprint density at radius 3 is 2.45 bits per heavy atom. The van der Waals surface area contributed by atoms with Gasteiger partial charge in [0.1, 0.15) is 6.10 Å². The molecule has 3 nitrogen and oxygen atoms in total. The molecule has 1 N–H and O–H groups in total. The average Bonchev–Trinajstić information content (AvgIpc) is 3.25. The average molecular weight is 431 g/mol. The molecule has 3 heteroatoms. The third-order valence-corrected chi connectivity index (χ3v) is 12.1. The summed E-state index contributed by atoms with van der Waals surface area (Å²) in [6, 6.07) is 0. The summed E-state index contributed by atoms with van der Waals surface area (Å²) < 4.78 is 5.85. The maximum atomic E-state index is 11.8. The number of carbonyl (C=O) groups excluding carboxylic acids is 1. The summed E-state index contributed by atoms with van der Waals surface area (Å²) >= 11 is 0. The lowest BCUT2D eigenvalue weighted by molar-refractivity contribution is -0.173. The zero-order valence-corrected chi connectivity index (χ0v) is 20.7. The molecule has 0 amide bonds. The summed E-state index contributed by atoms with van der Waals surface area (Å²) in [5.74, 6) is 4.06. The molecule has 0 radical (unpaired) electrons. The van der Waals surface area contributed by atoms with Crippen LogP contribution in [0.1, 0.15) is 105 Å². The molecule has 5 fully saturated rings. The van der Waals surface area contributed by atoms with E-state index < -0.39 is 0 Å². The molecule has 0 aliphatic heterocycles. The van der Waals surface area contributed by atoms with Gasteiger partial charge in [0.2, 0.25) is 0 Å². The molecule has 2 spiro atoms. The van der Waals surface area contributed by atoms with Gasteiger partial charge in [-0.05, 0) is 116 Å². The zero-order valence-electron chi connectivity index (χ0n) is 20.7. The zero-order chi connectivity index (χ0) is 22.2. The minimum absolute atomic E-state index is 0.103. The fraction of sp³-hybridized carbons (Fsp3) is 0.964. The highest BCUT2D eigenvalue weighted by Crippen LogP contribution is 2.87. The van der Waals surface area contributed by atoms with Crippen molar-refractivity contribution in [3.63, 3.8) is 0 Å². The van der Waals surface area contributed by atoms with Crippen molar-refractivity contribution in [2.24, 2.45) is 51.2 Å². The van der Waals surface area contributed by atoms with E-state index in [1.165, 1.54) is 57.8 Å². The lowest BCUT2D eigenvalue weighted by Crippen LogP contribution is -2.55. The van der Waals surface area contributed by atoms with E-state index in [1.54, 1.807) is 6.92 Å². The second-order valence-electron chi connectivity index (χ2n) is 13.3. The molecular formula is C28H46O3. The Bertz CT molecular complexity index is 730. The minimum Gasteiger partial charge on any atom is -0.462 e. The molecule has 0 aromatic carbocycles. The van der Waals surface area contributed by atoms with Crippen molar-refractivity contribution in [2.45, 2.75) is 111 Å². The van der Waals surface area contributed by atoms with E-state index in [-0.39, 0.29) is 17.5 Å². The van der Waals surface area contributed by atoms with E-state index in [0.717, 1.165) is 42.4 Å². The van der Waals surface area contributed by atoms with Crippen molar-refractivity contribution in [3.05, 3.63) is 0 Å². The Hall–Kier alpha value is -0.570. The molecule has 5 aliphatic rings. The van der Waals surface area contributed by atoms with E-state index >= 15 is 0 Å². The second-order valence-corrected chi connectivity index (χ2v) is 13.3. The molecule has 0 heterocycles. The van der Waals surface area contributed by atoms with Crippen molar-refractivity contribution in [1.29, 1.82) is 0 Å². The minimum atomic E-state index is -0.103. The lowest BCUT2D eigenvalue weighted by Gasteiger charge is -2.59. The summed E-state index contributed by atoms with van der Waals surface area (Å²) in [6.07, 6.45) is 14.5. The highest BCUT2D eigenvalue weighted by molar-refractivity contribution is 5.66. The highest BCUT2D eigenvalue weighted by atomic mass is 16.5. The van der Waals surface area contributed by atoms with Gasteiger partial charge in [-0.15, -0.1) is 0 Å². The highest BCUT2D eigenvalue weighted by Gasteiger charge is 2.80. The van der Waals surface area contributed by atoms with Gasteiger partial charge in [0.15, 0.2) is 0 Å². The Kier molecular flexibility index (Phi) is 5.17. The molecule has 5 rings (SSSR count). The van der Waals surface area contributed by atoms with Gasteiger partial charge in [-0.1, -0.05) is 27.7 Å². The maximum absolute atomic E-state index is 11.8. The summed E-state index contributed by atoms with van der Waals surface area (Å²) in [4.78, 5) is 11.8. The number of carbonyl (C=O) groups is 1. The number of fused-ring (bicyclic) bond motifs is 2. The lowest BCUT2D eigenvalue weighted by atomic mass is 9.46. The molecule has 0 aromatic rings. The van der Waals surface area contributed by atoms with Gasteiger partial charge in [-0.3, -0.25) is 4.79 Å². The predicted octanol–water partition coefficient (Wildman–Crippen LogP) is 6.38. The number of ether oxygens (including phenoxy) is 1. The van der Waals surface area contributed by atoms with E-state index in [9.17, 15) is 9.90 Å². The third-order valence-electron chi connectivity index (χ3n) is 12.1. The van der Waals surface area contributed by atoms with Gasteiger partial charge in [-0.2, -0.15) is 0 Å². The van der Waals surface area contributed by atoms with Crippen LogP contribution in [-0.2, 0) is 9.53 Å². The molecule has 5 saturated carbocycles. The first kappa shape index (κ1) is 22.2. The number of hydrogen-bond acceptors (Lipinski definition) is 3. The topological polar surface area (TPSA) is 46.5 Å². The van der Waals surface area contributed by atoms with Crippen LogP contribution in [-0.4, -0.2) is 23.8 Å². The number of aliphatic hydroxyl groups is 1. The molecule has 0 aromatic heterocycles. The fourth-order valence-electron chi connectivity index (χ4n) is 10.9. The molecule has 0 bridgehead atoms. The van der Waals surface area contributed by atoms with Crippen molar-refractivity contribution >= 4 is 5.97 Å². The van der Waals surface area contributed by atoms with Crippen LogP contribution in [0.5, 0.6) is 0 Å². The van der Waals surface area contributed by atoms with Gasteiger partial charge in [0.25, 0.3) is 0 Å². The van der Waals surface area contributed by atoms with Gasteiger partial charge < -0.3 is 9.84 Å². The quantitative estimate of drug-likeness (QED) is 0.515. The normalized spacial score (nSPS) is 50.5. The van der Waals surface area contributed by atoms with Gasteiger partial charge in [-0.25, -0.2) is 0 Å². The van der Waals surface area contributed by atoms with Crippen LogP contribution >= 0.6 is 0 Å². The van der Waals surface area contributed by atoms with Crippen molar-refractivity contribution in [2.75, 3.05) is 6.61 Å². The summed E-state index contributed by atoms with van der Waals surface area (Å²) in [5, 5.41) is 9.34. The van der Waals surface area contributed by atoms with Crippen LogP contribution in [0.15, 0.2) is 0 Å². The Labute approximate surface area is 190 Å². The van der Waals surface area contributed by atoms with E-state index in [0.29, 0.717) is 22.9 Å². The molecule has 5 aliphatic carbocycles. The van der Waals surface area contributed by atoms with Crippen molar-refractivity contribution < 1.29 is 14.6 Å². The van der Waals surface area contributed by atoms with Crippen molar-refractivity contribution in [3.8, 4) is 0 Å². The van der Waals surface area contributed by atoms with Crippen LogP contribution in [0.2, 0.25) is 0 Å². The summed E-state index contributed by atoms with van der Waals surface area (Å²) in [7, 11) is 0. The first-order valence-electron chi connectivity index (χ1n) is 13.4. The largest absolute Gasteiger partial charge is 0.462 e. The second kappa shape index (κ2) is 7.21. The van der Waals surface area contributed by atoms with E-state index in [2.05, 4.69) is 27.7 Å².